The van der Waals surface area contributed by atoms with Crippen LogP contribution in [0.25, 0.3) is 11.3 Å². The number of hydrogen-bond acceptors (Lipinski definition) is 6. The maximum atomic E-state index is 12.8. The second-order valence-electron chi connectivity index (χ2n) is 6.34. The van der Waals surface area contributed by atoms with Gasteiger partial charge in [0.25, 0.3) is 5.91 Å². The standard InChI is InChI=1S/C19H14F3N5O3/c20-19(21,22)18(29)30-27-13-5-8-25-17(28)12(13)10-14(27)11-4-7-24-16(9-11)26-15-3-1-2-6-23-15/h1-4,6-7,9-10H,5,8H2,(H,25,28)(H,23,24,26). The first-order chi connectivity index (χ1) is 14.3. The molecule has 0 radical (unpaired) electrons. The molecule has 2 N–H and O–H groups in total. The molecule has 1 aliphatic rings. The van der Waals surface area contributed by atoms with Crippen LogP contribution in [0.1, 0.15) is 16.1 Å². The van der Waals surface area contributed by atoms with Gasteiger partial charge in [-0.05, 0) is 30.3 Å². The molecular weight excluding hydrogens is 403 g/mol. The molecule has 30 heavy (non-hydrogen) atoms. The Morgan fingerprint density at radius 2 is 1.93 bits per heavy atom. The second-order valence-corrected chi connectivity index (χ2v) is 6.34. The molecule has 4 heterocycles. The fraction of sp³-hybridized carbons (Fsp3) is 0.158. The summed E-state index contributed by atoms with van der Waals surface area (Å²) < 4.78 is 39.2. The number of fused-ring (bicyclic) bond motifs is 1. The van der Waals surface area contributed by atoms with Crippen LogP contribution < -0.4 is 15.5 Å². The van der Waals surface area contributed by atoms with Crippen LogP contribution in [0.4, 0.5) is 24.8 Å². The van der Waals surface area contributed by atoms with Crippen LogP contribution in [-0.4, -0.2) is 39.3 Å². The van der Waals surface area contributed by atoms with E-state index in [1.165, 1.54) is 18.3 Å². The van der Waals surface area contributed by atoms with E-state index < -0.39 is 18.1 Å². The number of pyridine rings is 2. The third-order valence-corrected chi connectivity index (χ3v) is 4.33. The fourth-order valence-corrected chi connectivity index (χ4v) is 3.02. The van der Waals surface area contributed by atoms with Gasteiger partial charge in [-0.2, -0.15) is 17.9 Å². The van der Waals surface area contributed by atoms with Gasteiger partial charge in [0.05, 0.1) is 17.0 Å². The lowest BCUT2D eigenvalue weighted by Gasteiger charge is -2.17. The van der Waals surface area contributed by atoms with Crippen molar-refractivity contribution in [1.82, 2.24) is 20.0 Å². The summed E-state index contributed by atoms with van der Waals surface area (Å²) >= 11 is 0. The van der Waals surface area contributed by atoms with Gasteiger partial charge in [-0.1, -0.05) is 6.07 Å². The minimum atomic E-state index is -5.19. The molecule has 0 saturated heterocycles. The summed E-state index contributed by atoms with van der Waals surface area (Å²) in [6.07, 6.45) is -1.96. The van der Waals surface area contributed by atoms with Gasteiger partial charge in [0.2, 0.25) is 0 Å². The predicted octanol–water partition coefficient (Wildman–Crippen LogP) is 2.49. The highest BCUT2D eigenvalue weighted by molar-refractivity contribution is 5.98. The van der Waals surface area contributed by atoms with Crippen LogP contribution in [0.15, 0.2) is 48.8 Å². The van der Waals surface area contributed by atoms with Gasteiger partial charge >= 0.3 is 12.1 Å². The molecule has 154 valence electrons. The number of carbonyl (C=O) groups is 2. The molecule has 0 saturated carbocycles. The number of amides is 1. The van der Waals surface area contributed by atoms with E-state index >= 15 is 0 Å². The van der Waals surface area contributed by atoms with Gasteiger partial charge in [0.1, 0.15) is 11.6 Å². The van der Waals surface area contributed by atoms with E-state index in [4.69, 9.17) is 0 Å². The van der Waals surface area contributed by atoms with Crippen molar-refractivity contribution in [2.75, 3.05) is 11.9 Å². The van der Waals surface area contributed by atoms with Crippen molar-refractivity contribution >= 4 is 23.5 Å². The molecule has 0 aromatic carbocycles. The number of alkyl halides is 3. The maximum absolute atomic E-state index is 12.8. The summed E-state index contributed by atoms with van der Waals surface area (Å²) in [6, 6.07) is 9.68. The number of halogens is 3. The van der Waals surface area contributed by atoms with Crippen molar-refractivity contribution in [2.24, 2.45) is 0 Å². The van der Waals surface area contributed by atoms with Crippen LogP contribution in [0.3, 0.4) is 0 Å². The molecule has 3 aromatic heterocycles. The second kappa shape index (κ2) is 7.50. The van der Waals surface area contributed by atoms with E-state index in [1.807, 2.05) is 0 Å². The normalized spacial score (nSPS) is 13.4. The van der Waals surface area contributed by atoms with Gasteiger partial charge in [0, 0.05) is 30.9 Å². The lowest BCUT2D eigenvalue weighted by atomic mass is 10.1. The van der Waals surface area contributed by atoms with Gasteiger partial charge in [-0.3, -0.25) is 4.79 Å². The monoisotopic (exact) mass is 417 g/mol. The first kappa shape index (κ1) is 19.4. The van der Waals surface area contributed by atoms with Crippen molar-refractivity contribution in [3.63, 3.8) is 0 Å². The molecule has 4 rings (SSSR count). The number of nitrogens with zero attached hydrogens (tertiary/aromatic N) is 3. The third kappa shape index (κ3) is 3.81. The highest BCUT2D eigenvalue weighted by atomic mass is 19.4. The predicted molar refractivity (Wildman–Crippen MR) is 98.9 cm³/mol. The van der Waals surface area contributed by atoms with E-state index in [1.54, 1.807) is 30.5 Å². The van der Waals surface area contributed by atoms with Crippen LogP contribution in [0, 0.1) is 0 Å². The summed E-state index contributed by atoms with van der Waals surface area (Å²) in [5.74, 6) is -1.96. The summed E-state index contributed by atoms with van der Waals surface area (Å²) in [5.41, 5.74) is 0.825. The van der Waals surface area contributed by atoms with E-state index in [0.717, 1.165) is 4.73 Å². The van der Waals surface area contributed by atoms with Crippen LogP contribution >= 0.6 is 0 Å². The molecule has 3 aromatic rings. The van der Waals surface area contributed by atoms with Gasteiger partial charge in [-0.15, -0.1) is 0 Å². The SMILES string of the molecule is O=C1NCCc2c1cc(-c1ccnc(Nc3ccccn3)c1)n2OC(=O)C(F)(F)F. The maximum Gasteiger partial charge on any atom is 0.493 e. The molecule has 0 bridgehead atoms. The highest BCUT2D eigenvalue weighted by Crippen LogP contribution is 2.29. The molecule has 8 nitrogen and oxygen atoms in total. The fourth-order valence-electron chi connectivity index (χ4n) is 3.02. The van der Waals surface area contributed by atoms with Crippen LogP contribution in [0.2, 0.25) is 0 Å². The number of aromatic nitrogens is 3. The van der Waals surface area contributed by atoms with E-state index in [9.17, 15) is 22.8 Å². The minimum absolute atomic E-state index is 0.112. The summed E-state index contributed by atoms with van der Waals surface area (Å²) in [6.45, 7) is 0.210. The Labute approximate surface area is 167 Å². The quantitative estimate of drug-likeness (QED) is 0.677. The molecule has 0 fully saturated rings. The number of anilines is 2. The first-order valence-electron chi connectivity index (χ1n) is 8.80. The van der Waals surface area contributed by atoms with Crippen molar-refractivity contribution in [3.05, 3.63) is 60.0 Å². The van der Waals surface area contributed by atoms with Gasteiger partial charge < -0.3 is 15.5 Å². The summed E-state index contributed by atoms with van der Waals surface area (Å²) in [4.78, 5) is 36.6. The van der Waals surface area contributed by atoms with Crippen LogP contribution in [0.5, 0.6) is 0 Å². The molecule has 11 heteroatoms. The third-order valence-electron chi connectivity index (χ3n) is 4.33. The number of nitrogens with one attached hydrogen (secondary N) is 2. The van der Waals surface area contributed by atoms with Crippen molar-refractivity contribution < 1.29 is 27.6 Å². The number of rotatable bonds is 4. The lowest BCUT2D eigenvalue weighted by Crippen LogP contribution is -2.37. The Bertz CT molecular complexity index is 1110. The van der Waals surface area contributed by atoms with Crippen molar-refractivity contribution in [2.45, 2.75) is 12.6 Å². The number of carbonyl (C=O) groups excluding carboxylic acids is 2. The van der Waals surface area contributed by atoms with Gasteiger partial charge in [-0.25, -0.2) is 14.8 Å². The average molecular weight is 417 g/mol. The van der Waals surface area contributed by atoms with Crippen molar-refractivity contribution in [3.8, 4) is 11.3 Å². The molecule has 0 unspecified atom stereocenters. The van der Waals surface area contributed by atoms with Crippen molar-refractivity contribution in [1.29, 1.82) is 0 Å². The topological polar surface area (TPSA) is 98.1 Å². The molecular formula is C19H14F3N5O3. The largest absolute Gasteiger partial charge is 0.493 e. The van der Waals surface area contributed by atoms with E-state index in [2.05, 4.69) is 25.4 Å². The zero-order valence-electron chi connectivity index (χ0n) is 15.2. The zero-order chi connectivity index (χ0) is 21.3. The smallest absolute Gasteiger partial charge is 0.352 e. The van der Waals surface area contributed by atoms with E-state index in [-0.39, 0.29) is 29.9 Å². The Balaban J connectivity index is 1.76. The van der Waals surface area contributed by atoms with Gasteiger partial charge in [0.15, 0.2) is 0 Å². The molecule has 0 spiro atoms. The Kier molecular flexibility index (Phi) is 4.86. The molecule has 1 aliphatic heterocycles. The van der Waals surface area contributed by atoms with E-state index in [0.29, 0.717) is 17.2 Å². The Hall–Kier alpha value is -3.89. The minimum Gasteiger partial charge on any atom is -0.352 e. The highest BCUT2D eigenvalue weighted by Gasteiger charge is 2.43. The van der Waals surface area contributed by atoms with Crippen LogP contribution in [-0.2, 0) is 11.2 Å². The number of hydrogen-bond donors (Lipinski definition) is 2. The Morgan fingerprint density at radius 1 is 1.13 bits per heavy atom. The average Bonchev–Trinajstić information content (AvgIpc) is 3.08. The zero-order valence-corrected chi connectivity index (χ0v) is 15.2. The summed E-state index contributed by atoms with van der Waals surface area (Å²) in [5, 5.41) is 5.58. The molecule has 0 atom stereocenters. The lowest BCUT2D eigenvalue weighted by molar-refractivity contribution is -0.199. The molecule has 0 aliphatic carbocycles. The molecule has 1 amide bonds. The Morgan fingerprint density at radius 3 is 2.67 bits per heavy atom. The summed E-state index contributed by atoms with van der Waals surface area (Å²) in [7, 11) is 0. The first-order valence-corrected chi connectivity index (χ1v) is 8.80.